The largest absolute Gasteiger partial charge is 0.394 e. The smallest absolute Gasteiger partial charge is 0.0613 e. The summed E-state index contributed by atoms with van der Waals surface area (Å²) < 4.78 is 0. The molecule has 16 heavy (non-hydrogen) atoms. The molecule has 2 rings (SSSR count). The Labute approximate surface area is 99.8 Å². The average Bonchev–Trinajstić information content (AvgIpc) is 2.79. The fourth-order valence-electron chi connectivity index (χ4n) is 3.68. The van der Waals surface area contributed by atoms with Gasteiger partial charge in [-0.05, 0) is 31.6 Å². The van der Waals surface area contributed by atoms with Crippen molar-refractivity contribution in [2.75, 3.05) is 6.61 Å². The molecule has 2 unspecified atom stereocenters. The molecular weight excluding hydrogens is 198 g/mol. The fourth-order valence-corrected chi connectivity index (χ4v) is 3.68. The standard InChI is InChI=1S/C14H27NO/c1-2-12-7-3-4-8-13(12)15-14(11-16)9-5-6-10-14/h12-13,15-16H,2-11H2,1H3. The van der Waals surface area contributed by atoms with Crippen molar-refractivity contribution in [2.45, 2.75) is 76.3 Å². The number of aliphatic hydroxyl groups excluding tert-OH is 1. The number of aliphatic hydroxyl groups is 1. The number of hydrogen-bond acceptors (Lipinski definition) is 2. The molecule has 0 radical (unpaired) electrons. The van der Waals surface area contributed by atoms with Crippen LogP contribution < -0.4 is 5.32 Å². The molecule has 2 fully saturated rings. The molecule has 2 aliphatic carbocycles. The third-order valence-corrected chi connectivity index (χ3v) is 4.79. The zero-order valence-corrected chi connectivity index (χ0v) is 10.7. The maximum absolute atomic E-state index is 9.64. The van der Waals surface area contributed by atoms with Crippen LogP contribution in [0.1, 0.15) is 64.7 Å². The monoisotopic (exact) mass is 225 g/mol. The van der Waals surface area contributed by atoms with E-state index in [1.807, 2.05) is 0 Å². The van der Waals surface area contributed by atoms with E-state index in [4.69, 9.17) is 0 Å². The molecule has 0 bridgehead atoms. The minimum Gasteiger partial charge on any atom is -0.394 e. The lowest BCUT2D eigenvalue weighted by atomic mass is 9.81. The Morgan fingerprint density at radius 2 is 1.81 bits per heavy atom. The SMILES string of the molecule is CCC1CCCCC1NC1(CO)CCCC1. The molecule has 2 N–H and O–H groups in total. The summed E-state index contributed by atoms with van der Waals surface area (Å²) in [5.41, 5.74) is 0.0788. The molecule has 2 atom stereocenters. The van der Waals surface area contributed by atoms with E-state index in [0.29, 0.717) is 12.6 Å². The molecule has 0 aromatic heterocycles. The van der Waals surface area contributed by atoms with E-state index in [1.54, 1.807) is 0 Å². The zero-order chi connectivity index (χ0) is 11.4. The van der Waals surface area contributed by atoms with Gasteiger partial charge in [0.05, 0.1) is 6.61 Å². The van der Waals surface area contributed by atoms with Crippen LogP contribution in [-0.4, -0.2) is 23.3 Å². The van der Waals surface area contributed by atoms with Crippen LogP contribution in [0.5, 0.6) is 0 Å². The van der Waals surface area contributed by atoms with E-state index >= 15 is 0 Å². The minimum absolute atomic E-state index is 0.0788. The lowest BCUT2D eigenvalue weighted by Crippen LogP contribution is -2.54. The number of rotatable bonds is 4. The van der Waals surface area contributed by atoms with Crippen LogP contribution in [0.4, 0.5) is 0 Å². The molecule has 0 saturated heterocycles. The first-order valence-corrected chi connectivity index (χ1v) is 7.18. The Balaban J connectivity index is 1.95. The van der Waals surface area contributed by atoms with Crippen molar-refractivity contribution in [3.8, 4) is 0 Å². The van der Waals surface area contributed by atoms with Crippen LogP contribution in [-0.2, 0) is 0 Å². The molecule has 2 aliphatic rings. The van der Waals surface area contributed by atoms with Gasteiger partial charge in [-0.1, -0.05) is 39.0 Å². The molecule has 94 valence electrons. The van der Waals surface area contributed by atoms with Crippen molar-refractivity contribution in [3.05, 3.63) is 0 Å². The van der Waals surface area contributed by atoms with Crippen molar-refractivity contribution < 1.29 is 5.11 Å². The van der Waals surface area contributed by atoms with Crippen LogP contribution in [0.3, 0.4) is 0 Å². The van der Waals surface area contributed by atoms with Crippen molar-refractivity contribution in [1.82, 2.24) is 5.32 Å². The van der Waals surface area contributed by atoms with Gasteiger partial charge < -0.3 is 10.4 Å². The Morgan fingerprint density at radius 1 is 1.12 bits per heavy atom. The summed E-state index contributed by atoms with van der Waals surface area (Å²) in [7, 11) is 0. The molecule has 0 aromatic rings. The fraction of sp³-hybridized carbons (Fsp3) is 1.00. The van der Waals surface area contributed by atoms with Crippen LogP contribution >= 0.6 is 0 Å². The summed E-state index contributed by atoms with van der Waals surface area (Å²) in [6, 6.07) is 0.670. The minimum atomic E-state index is 0.0788. The van der Waals surface area contributed by atoms with Crippen molar-refractivity contribution in [3.63, 3.8) is 0 Å². The molecule has 2 heteroatoms. The van der Waals surface area contributed by atoms with Gasteiger partial charge in [0, 0.05) is 11.6 Å². The van der Waals surface area contributed by atoms with E-state index in [1.165, 1.54) is 57.8 Å². The molecule has 0 amide bonds. The van der Waals surface area contributed by atoms with Gasteiger partial charge >= 0.3 is 0 Å². The first kappa shape index (κ1) is 12.4. The van der Waals surface area contributed by atoms with Crippen LogP contribution in [0.25, 0.3) is 0 Å². The topological polar surface area (TPSA) is 32.3 Å². The van der Waals surface area contributed by atoms with Gasteiger partial charge in [-0.3, -0.25) is 0 Å². The van der Waals surface area contributed by atoms with Gasteiger partial charge in [0.25, 0.3) is 0 Å². The first-order valence-electron chi connectivity index (χ1n) is 7.18. The molecule has 0 aliphatic heterocycles. The summed E-state index contributed by atoms with van der Waals surface area (Å²) in [4.78, 5) is 0. The maximum atomic E-state index is 9.64. The van der Waals surface area contributed by atoms with Gasteiger partial charge in [-0.2, -0.15) is 0 Å². The van der Waals surface area contributed by atoms with E-state index in [9.17, 15) is 5.11 Å². The predicted molar refractivity (Wildman–Crippen MR) is 67.5 cm³/mol. The van der Waals surface area contributed by atoms with Crippen LogP contribution in [0.2, 0.25) is 0 Å². The molecule has 0 heterocycles. The summed E-state index contributed by atoms with van der Waals surface area (Å²) >= 11 is 0. The van der Waals surface area contributed by atoms with E-state index in [0.717, 1.165) is 5.92 Å². The maximum Gasteiger partial charge on any atom is 0.0613 e. The zero-order valence-electron chi connectivity index (χ0n) is 10.7. The molecule has 2 nitrogen and oxygen atoms in total. The van der Waals surface area contributed by atoms with Gasteiger partial charge in [0.2, 0.25) is 0 Å². The van der Waals surface area contributed by atoms with E-state index in [-0.39, 0.29) is 5.54 Å². The first-order chi connectivity index (χ1) is 7.79. The second-order valence-electron chi connectivity index (χ2n) is 5.85. The summed E-state index contributed by atoms with van der Waals surface area (Å²) in [6.07, 6.45) is 11.7. The van der Waals surface area contributed by atoms with Gasteiger partial charge in [0.1, 0.15) is 0 Å². The third-order valence-electron chi connectivity index (χ3n) is 4.79. The summed E-state index contributed by atoms with van der Waals surface area (Å²) in [5, 5.41) is 13.5. The average molecular weight is 225 g/mol. The lowest BCUT2D eigenvalue weighted by molar-refractivity contribution is 0.121. The highest BCUT2D eigenvalue weighted by Gasteiger charge is 2.37. The highest BCUT2D eigenvalue weighted by Crippen LogP contribution is 2.34. The normalized spacial score (nSPS) is 34.1. The van der Waals surface area contributed by atoms with Gasteiger partial charge in [-0.25, -0.2) is 0 Å². The lowest BCUT2D eigenvalue weighted by Gasteiger charge is -2.39. The molecule has 2 saturated carbocycles. The van der Waals surface area contributed by atoms with Crippen molar-refractivity contribution in [1.29, 1.82) is 0 Å². The van der Waals surface area contributed by atoms with E-state index < -0.39 is 0 Å². The Morgan fingerprint density at radius 3 is 2.44 bits per heavy atom. The van der Waals surface area contributed by atoms with Crippen molar-refractivity contribution >= 4 is 0 Å². The number of nitrogens with one attached hydrogen (secondary N) is 1. The summed E-state index contributed by atoms with van der Waals surface area (Å²) in [6.45, 7) is 2.64. The quantitative estimate of drug-likeness (QED) is 0.771. The van der Waals surface area contributed by atoms with Crippen LogP contribution in [0, 0.1) is 5.92 Å². The second-order valence-corrected chi connectivity index (χ2v) is 5.85. The third kappa shape index (κ3) is 2.60. The number of hydrogen-bond donors (Lipinski definition) is 2. The summed E-state index contributed by atoms with van der Waals surface area (Å²) in [5.74, 6) is 0.845. The second kappa shape index (κ2) is 5.50. The highest BCUT2D eigenvalue weighted by atomic mass is 16.3. The molecule has 0 spiro atoms. The van der Waals surface area contributed by atoms with Gasteiger partial charge in [-0.15, -0.1) is 0 Å². The Bertz CT molecular complexity index is 211. The van der Waals surface area contributed by atoms with E-state index in [2.05, 4.69) is 12.2 Å². The van der Waals surface area contributed by atoms with Crippen LogP contribution in [0.15, 0.2) is 0 Å². The Kier molecular flexibility index (Phi) is 4.26. The molecular formula is C14H27NO. The molecule has 0 aromatic carbocycles. The van der Waals surface area contributed by atoms with Crippen molar-refractivity contribution in [2.24, 2.45) is 5.92 Å². The predicted octanol–water partition coefficient (Wildman–Crippen LogP) is 2.85. The Hall–Kier alpha value is -0.0800. The van der Waals surface area contributed by atoms with Gasteiger partial charge in [0.15, 0.2) is 0 Å². The highest BCUT2D eigenvalue weighted by molar-refractivity contribution is 4.96.